The van der Waals surface area contributed by atoms with Gasteiger partial charge in [0.1, 0.15) is 0 Å². The van der Waals surface area contributed by atoms with Crippen molar-refractivity contribution >= 4 is 17.2 Å². The minimum absolute atomic E-state index is 0.293. The molecule has 15 heavy (non-hydrogen) atoms. The SMILES string of the molecule is CCC(C(N)=S)N1CCN(CC)C(C)C1. The zero-order valence-corrected chi connectivity index (χ0v) is 10.9. The van der Waals surface area contributed by atoms with E-state index in [1.807, 2.05) is 0 Å². The van der Waals surface area contributed by atoms with Gasteiger partial charge in [0.2, 0.25) is 0 Å². The molecule has 1 aliphatic rings. The van der Waals surface area contributed by atoms with Gasteiger partial charge in [-0.15, -0.1) is 0 Å². The van der Waals surface area contributed by atoms with Crippen molar-refractivity contribution in [1.82, 2.24) is 9.80 Å². The Morgan fingerprint density at radius 1 is 1.47 bits per heavy atom. The van der Waals surface area contributed by atoms with Gasteiger partial charge in [-0.05, 0) is 19.9 Å². The number of hydrogen-bond acceptors (Lipinski definition) is 3. The van der Waals surface area contributed by atoms with Gasteiger partial charge in [0, 0.05) is 25.7 Å². The van der Waals surface area contributed by atoms with E-state index in [4.69, 9.17) is 18.0 Å². The first-order chi connectivity index (χ1) is 7.10. The summed E-state index contributed by atoms with van der Waals surface area (Å²) in [6.45, 7) is 11.1. The van der Waals surface area contributed by atoms with E-state index in [-0.39, 0.29) is 0 Å². The highest BCUT2D eigenvalue weighted by Gasteiger charge is 2.27. The van der Waals surface area contributed by atoms with Gasteiger partial charge in [-0.2, -0.15) is 0 Å². The number of nitrogens with zero attached hydrogens (tertiary/aromatic N) is 2. The molecular formula is C11H23N3S. The van der Waals surface area contributed by atoms with Gasteiger partial charge in [0.05, 0.1) is 11.0 Å². The van der Waals surface area contributed by atoms with Crippen LogP contribution in [0, 0.1) is 0 Å². The molecule has 2 atom stereocenters. The Morgan fingerprint density at radius 2 is 2.13 bits per heavy atom. The number of nitrogens with two attached hydrogens (primary N) is 1. The van der Waals surface area contributed by atoms with Gasteiger partial charge in [-0.25, -0.2) is 0 Å². The molecular weight excluding hydrogens is 206 g/mol. The van der Waals surface area contributed by atoms with E-state index < -0.39 is 0 Å². The van der Waals surface area contributed by atoms with Crippen LogP contribution in [0.15, 0.2) is 0 Å². The summed E-state index contributed by atoms with van der Waals surface area (Å²) in [4.78, 5) is 5.58. The zero-order valence-electron chi connectivity index (χ0n) is 10.1. The monoisotopic (exact) mass is 229 g/mol. The Bertz CT molecular complexity index is 220. The highest BCUT2D eigenvalue weighted by Crippen LogP contribution is 2.14. The Balaban J connectivity index is 2.56. The van der Waals surface area contributed by atoms with Crippen molar-refractivity contribution in [2.45, 2.75) is 39.3 Å². The third-order valence-corrected chi connectivity index (χ3v) is 3.63. The molecule has 0 bridgehead atoms. The van der Waals surface area contributed by atoms with Gasteiger partial charge in [-0.3, -0.25) is 9.80 Å². The molecule has 2 N–H and O–H groups in total. The number of rotatable bonds is 4. The third kappa shape index (κ3) is 3.13. The van der Waals surface area contributed by atoms with E-state index in [1.54, 1.807) is 0 Å². The lowest BCUT2D eigenvalue weighted by Gasteiger charge is -2.42. The molecule has 1 aliphatic heterocycles. The maximum absolute atomic E-state index is 5.77. The predicted molar refractivity (Wildman–Crippen MR) is 69.1 cm³/mol. The Morgan fingerprint density at radius 3 is 2.53 bits per heavy atom. The minimum Gasteiger partial charge on any atom is -0.392 e. The van der Waals surface area contributed by atoms with Crippen LogP contribution >= 0.6 is 12.2 Å². The van der Waals surface area contributed by atoms with Crippen molar-refractivity contribution < 1.29 is 0 Å². The van der Waals surface area contributed by atoms with E-state index in [1.165, 1.54) is 0 Å². The maximum Gasteiger partial charge on any atom is 0.0901 e. The number of thiocarbonyl (C=S) groups is 1. The van der Waals surface area contributed by atoms with Crippen LogP contribution in [0.25, 0.3) is 0 Å². The van der Waals surface area contributed by atoms with Gasteiger partial charge in [0.15, 0.2) is 0 Å². The molecule has 1 rings (SSSR count). The lowest BCUT2D eigenvalue weighted by Crippen LogP contribution is -2.56. The molecule has 1 fully saturated rings. The summed E-state index contributed by atoms with van der Waals surface area (Å²) in [6.07, 6.45) is 1.02. The Hall–Kier alpha value is -0.190. The van der Waals surface area contributed by atoms with Crippen LogP contribution in [-0.2, 0) is 0 Å². The molecule has 0 aromatic rings. The van der Waals surface area contributed by atoms with E-state index in [9.17, 15) is 0 Å². The largest absolute Gasteiger partial charge is 0.392 e. The van der Waals surface area contributed by atoms with Crippen molar-refractivity contribution in [2.75, 3.05) is 26.2 Å². The molecule has 0 spiro atoms. The lowest BCUT2D eigenvalue weighted by atomic mass is 10.1. The standard InChI is InChI=1S/C11H23N3S/c1-4-10(11(12)15)14-7-6-13(5-2)9(3)8-14/h9-10H,4-8H2,1-3H3,(H2,12,15). The van der Waals surface area contributed by atoms with Crippen LogP contribution in [0.2, 0.25) is 0 Å². The maximum atomic E-state index is 5.77. The zero-order chi connectivity index (χ0) is 11.4. The fraction of sp³-hybridized carbons (Fsp3) is 0.909. The van der Waals surface area contributed by atoms with Crippen molar-refractivity contribution in [3.8, 4) is 0 Å². The van der Waals surface area contributed by atoms with Crippen LogP contribution in [0.1, 0.15) is 27.2 Å². The van der Waals surface area contributed by atoms with Crippen LogP contribution in [0.5, 0.6) is 0 Å². The molecule has 88 valence electrons. The fourth-order valence-corrected chi connectivity index (χ4v) is 2.73. The van der Waals surface area contributed by atoms with E-state index in [0.717, 1.165) is 32.6 Å². The summed E-state index contributed by atoms with van der Waals surface area (Å²) in [7, 11) is 0. The fourth-order valence-electron chi connectivity index (χ4n) is 2.42. The predicted octanol–water partition coefficient (Wildman–Crippen LogP) is 1.08. The van der Waals surface area contributed by atoms with Crippen molar-refractivity contribution in [1.29, 1.82) is 0 Å². The van der Waals surface area contributed by atoms with E-state index in [2.05, 4.69) is 30.6 Å². The molecule has 3 nitrogen and oxygen atoms in total. The summed E-state index contributed by atoms with van der Waals surface area (Å²) >= 11 is 5.12. The average molecular weight is 229 g/mol. The molecule has 1 saturated heterocycles. The van der Waals surface area contributed by atoms with Crippen LogP contribution < -0.4 is 5.73 Å². The molecule has 4 heteroatoms. The molecule has 0 aliphatic carbocycles. The minimum atomic E-state index is 0.293. The summed E-state index contributed by atoms with van der Waals surface area (Å²) in [5.74, 6) is 0. The van der Waals surface area contributed by atoms with Gasteiger partial charge >= 0.3 is 0 Å². The van der Waals surface area contributed by atoms with Gasteiger partial charge < -0.3 is 5.73 Å². The van der Waals surface area contributed by atoms with Gasteiger partial charge in [0.25, 0.3) is 0 Å². The Kier molecular flexibility index (Phi) is 4.96. The molecule has 1 heterocycles. The molecule has 0 saturated carbocycles. The first-order valence-corrected chi connectivity index (χ1v) is 6.28. The molecule has 2 unspecified atom stereocenters. The summed E-state index contributed by atoms with van der Waals surface area (Å²) in [5.41, 5.74) is 5.77. The molecule has 0 aromatic heterocycles. The van der Waals surface area contributed by atoms with Gasteiger partial charge in [-0.1, -0.05) is 26.1 Å². The number of likely N-dealkylation sites (N-methyl/N-ethyl adjacent to an activating group) is 1. The number of hydrogen-bond donors (Lipinski definition) is 1. The second kappa shape index (κ2) is 5.77. The normalized spacial score (nSPS) is 26.5. The quantitative estimate of drug-likeness (QED) is 0.731. The highest BCUT2D eigenvalue weighted by atomic mass is 32.1. The van der Waals surface area contributed by atoms with Crippen molar-refractivity contribution in [3.05, 3.63) is 0 Å². The smallest absolute Gasteiger partial charge is 0.0901 e. The first kappa shape index (κ1) is 12.9. The molecule has 0 radical (unpaired) electrons. The second-order valence-electron chi connectivity index (χ2n) is 4.30. The molecule has 0 aromatic carbocycles. The lowest BCUT2D eigenvalue weighted by molar-refractivity contribution is 0.0753. The first-order valence-electron chi connectivity index (χ1n) is 5.87. The third-order valence-electron chi connectivity index (χ3n) is 3.36. The molecule has 0 amide bonds. The van der Waals surface area contributed by atoms with Crippen molar-refractivity contribution in [2.24, 2.45) is 5.73 Å². The summed E-state index contributed by atoms with van der Waals surface area (Å²) in [5, 5.41) is 0. The van der Waals surface area contributed by atoms with Crippen molar-refractivity contribution in [3.63, 3.8) is 0 Å². The van der Waals surface area contributed by atoms with Crippen LogP contribution in [-0.4, -0.2) is 53.1 Å². The average Bonchev–Trinajstić information content (AvgIpc) is 2.18. The Labute approximate surface area is 98.6 Å². The van der Waals surface area contributed by atoms with Crippen LogP contribution in [0.3, 0.4) is 0 Å². The van der Waals surface area contributed by atoms with Crippen LogP contribution in [0.4, 0.5) is 0 Å². The summed E-state index contributed by atoms with van der Waals surface area (Å²) in [6, 6.07) is 0.911. The summed E-state index contributed by atoms with van der Waals surface area (Å²) < 4.78 is 0. The second-order valence-corrected chi connectivity index (χ2v) is 4.77. The van der Waals surface area contributed by atoms with E-state index in [0.29, 0.717) is 17.1 Å². The van der Waals surface area contributed by atoms with E-state index >= 15 is 0 Å². The number of piperazine rings is 1. The highest BCUT2D eigenvalue weighted by molar-refractivity contribution is 7.80. The topological polar surface area (TPSA) is 32.5 Å².